The van der Waals surface area contributed by atoms with Crippen LogP contribution in [0.2, 0.25) is 5.02 Å². The molecule has 1 amide bonds. The summed E-state index contributed by atoms with van der Waals surface area (Å²) in [4.78, 5) is 14.0. The van der Waals surface area contributed by atoms with Crippen molar-refractivity contribution in [2.45, 2.75) is 19.5 Å². The normalized spacial score (nSPS) is 16.4. The Morgan fingerprint density at radius 3 is 3.00 bits per heavy atom. The SMILES string of the molecule is CNCC(C)N1Cc2ccc(Cl)cc2C1=O. The number of hydrogen-bond donors (Lipinski definition) is 1. The molecule has 16 heavy (non-hydrogen) atoms. The number of carbonyl (C=O) groups is 1. The van der Waals surface area contributed by atoms with Crippen molar-refractivity contribution in [1.82, 2.24) is 10.2 Å². The smallest absolute Gasteiger partial charge is 0.254 e. The van der Waals surface area contributed by atoms with Gasteiger partial charge in [0.1, 0.15) is 0 Å². The molecule has 0 fully saturated rings. The van der Waals surface area contributed by atoms with Crippen molar-refractivity contribution >= 4 is 17.5 Å². The van der Waals surface area contributed by atoms with E-state index in [4.69, 9.17) is 11.6 Å². The molecule has 86 valence electrons. The molecule has 1 atom stereocenters. The largest absolute Gasteiger partial charge is 0.330 e. The van der Waals surface area contributed by atoms with Gasteiger partial charge in [-0.3, -0.25) is 4.79 Å². The fraction of sp³-hybridized carbons (Fsp3) is 0.417. The molecule has 0 saturated carbocycles. The minimum atomic E-state index is 0.0836. The highest BCUT2D eigenvalue weighted by molar-refractivity contribution is 6.31. The molecule has 3 nitrogen and oxygen atoms in total. The summed E-state index contributed by atoms with van der Waals surface area (Å²) < 4.78 is 0. The first-order chi connectivity index (χ1) is 7.63. The molecule has 0 spiro atoms. The fourth-order valence-electron chi connectivity index (χ4n) is 2.06. The van der Waals surface area contributed by atoms with E-state index < -0.39 is 0 Å². The third kappa shape index (κ3) is 1.93. The Balaban J connectivity index is 2.24. The van der Waals surface area contributed by atoms with Crippen LogP contribution in [-0.4, -0.2) is 30.4 Å². The van der Waals surface area contributed by atoms with Crippen LogP contribution >= 0.6 is 11.6 Å². The van der Waals surface area contributed by atoms with Gasteiger partial charge in [0.15, 0.2) is 0 Å². The van der Waals surface area contributed by atoms with Gasteiger partial charge in [-0.2, -0.15) is 0 Å². The Labute approximate surface area is 100 Å². The van der Waals surface area contributed by atoms with E-state index in [0.717, 1.165) is 17.7 Å². The predicted molar refractivity (Wildman–Crippen MR) is 64.7 cm³/mol. The van der Waals surface area contributed by atoms with Crippen LogP contribution in [0.15, 0.2) is 18.2 Å². The predicted octanol–water partition coefficient (Wildman–Crippen LogP) is 1.90. The van der Waals surface area contributed by atoms with E-state index in [1.54, 1.807) is 6.07 Å². The second-order valence-corrected chi connectivity index (χ2v) is 4.58. The van der Waals surface area contributed by atoms with Gasteiger partial charge in [-0.15, -0.1) is 0 Å². The Hall–Kier alpha value is -1.06. The molecule has 1 N–H and O–H groups in total. The van der Waals surface area contributed by atoms with E-state index in [1.165, 1.54) is 0 Å². The van der Waals surface area contributed by atoms with Gasteiger partial charge in [-0.1, -0.05) is 17.7 Å². The zero-order valence-corrected chi connectivity index (χ0v) is 10.2. The minimum Gasteiger partial charge on any atom is -0.330 e. The number of nitrogens with one attached hydrogen (secondary N) is 1. The third-order valence-electron chi connectivity index (χ3n) is 2.94. The number of amides is 1. The molecule has 1 unspecified atom stereocenters. The number of nitrogens with zero attached hydrogens (tertiary/aromatic N) is 1. The zero-order chi connectivity index (χ0) is 11.7. The monoisotopic (exact) mass is 238 g/mol. The molecule has 1 heterocycles. The number of benzene rings is 1. The maximum atomic E-state index is 12.1. The quantitative estimate of drug-likeness (QED) is 0.873. The summed E-state index contributed by atoms with van der Waals surface area (Å²) in [5, 5.41) is 3.70. The van der Waals surface area contributed by atoms with Crippen molar-refractivity contribution in [3.05, 3.63) is 34.3 Å². The highest BCUT2D eigenvalue weighted by Crippen LogP contribution is 2.26. The standard InChI is InChI=1S/C12H15ClN2O/c1-8(6-14-2)15-7-9-3-4-10(13)5-11(9)12(15)16/h3-5,8,14H,6-7H2,1-2H3. The first-order valence-electron chi connectivity index (χ1n) is 5.37. The highest BCUT2D eigenvalue weighted by atomic mass is 35.5. The molecule has 1 aliphatic rings. The van der Waals surface area contributed by atoms with Gasteiger partial charge in [-0.25, -0.2) is 0 Å². The molecule has 1 aliphatic heterocycles. The summed E-state index contributed by atoms with van der Waals surface area (Å²) in [7, 11) is 1.89. The van der Waals surface area contributed by atoms with Gasteiger partial charge in [0.2, 0.25) is 0 Å². The van der Waals surface area contributed by atoms with Gasteiger partial charge in [0.25, 0.3) is 5.91 Å². The van der Waals surface area contributed by atoms with E-state index in [0.29, 0.717) is 11.6 Å². The summed E-state index contributed by atoms with van der Waals surface area (Å²) in [6.07, 6.45) is 0. The number of rotatable bonds is 3. The van der Waals surface area contributed by atoms with Crippen LogP contribution in [0.4, 0.5) is 0 Å². The Morgan fingerprint density at radius 1 is 1.56 bits per heavy atom. The molecule has 1 aromatic rings. The first kappa shape index (κ1) is 11.4. The van der Waals surface area contributed by atoms with Crippen molar-refractivity contribution in [3.8, 4) is 0 Å². The molecule has 0 aromatic heterocycles. The second-order valence-electron chi connectivity index (χ2n) is 4.14. The van der Waals surface area contributed by atoms with Gasteiger partial charge < -0.3 is 10.2 Å². The number of halogens is 1. The lowest BCUT2D eigenvalue weighted by atomic mass is 10.1. The Bertz CT molecular complexity index is 419. The molecule has 0 radical (unpaired) electrons. The van der Waals surface area contributed by atoms with Gasteiger partial charge in [0, 0.05) is 29.7 Å². The number of carbonyl (C=O) groups excluding carboxylic acids is 1. The first-order valence-corrected chi connectivity index (χ1v) is 5.75. The molecular formula is C12H15ClN2O. The molecule has 0 bridgehead atoms. The average molecular weight is 239 g/mol. The van der Waals surface area contributed by atoms with Crippen LogP contribution in [0.3, 0.4) is 0 Å². The highest BCUT2D eigenvalue weighted by Gasteiger charge is 2.30. The Morgan fingerprint density at radius 2 is 2.31 bits per heavy atom. The van der Waals surface area contributed by atoms with Crippen molar-refractivity contribution in [2.75, 3.05) is 13.6 Å². The summed E-state index contributed by atoms with van der Waals surface area (Å²) in [6, 6.07) is 5.72. The molecular weight excluding hydrogens is 224 g/mol. The zero-order valence-electron chi connectivity index (χ0n) is 9.46. The molecule has 0 aliphatic carbocycles. The van der Waals surface area contributed by atoms with Gasteiger partial charge in [0.05, 0.1) is 0 Å². The topological polar surface area (TPSA) is 32.3 Å². The van der Waals surface area contributed by atoms with E-state index in [9.17, 15) is 4.79 Å². The minimum absolute atomic E-state index is 0.0836. The average Bonchev–Trinajstić information content (AvgIpc) is 2.57. The van der Waals surface area contributed by atoms with Gasteiger partial charge >= 0.3 is 0 Å². The van der Waals surface area contributed by atoms with Gasteiger partial charge in [-0.05, 0) is 31.7 Å². The lowest BCUT2D eigenvalue weighted by Gasteiger charge is -2.23. The number of fused-ring (bicyclic) bond motifs is 1. The summed E-state index contributed by atoms with van der Waals surface area (Å²) in [6.45, 7) is 3.53. The summed E-state index contributed by atoms with van der Waals surface area (Å²) in [5.41, 5.74) is 1.81. The van der Waals surface area contributed by atoms with Crippen LogP contribution in [0.1, 0.15) is 22.8 Å². The molecule has 0 saturated heterocycles. The van der Waals surface area contributed by atoms with Crippen LogP contribution < -0.4 is 5.32 Å². The van der Waals surface area contributed by atoms with Crippen LogP contribution in [0.5, 0.6) is 0 Å². The lowest BCUT2D eigenvalue weighted by molar-refractivity contribution is 0.0717. The summed E-state index contributed by atoms with van der Waals surface area (Å²) >= 11 is 5.89. The molecule has 4 heteroatoms. The lowest BCUT2D eigenvalue weighted by Crippen LogP contribution is -2.39. The van der Waals surface area contributed by atoms with E-state index >= 15 is 0 Å². The Kier molecular flexibility index (Phi) is 3.17. The third-order valence-corrected chi connectivity index (χ3v) is 3.17. The van der Waals surface area contributed by atoms with E-state index in [1.807, 2.05) is 31.0 Å². The maximum Gasteiger partial charge on any atom is 0.254 e. The number of likely N-dealkylation sites (N-methyl/N-ethyl adjacent to an activating group) is 1. The van der Waals surface area contributed by atoms with Crippen LogP contribution in [-0.2, 0) is 6.54 Å². The van der Waals surface area contributed by atoms with Crippen molar-refractivity contribution < 1.29 is 4.79 Å². The maximum absolute atomic E-state index is 12.1. The van der Waals surface area contributed by atoms with Crippen LogP contribution in [0, 0.1) is 0 Å². The molecule has 2 rings (SSSR count). The number of hydrogen-bond acceptors (Lipinski definition) is 2. The van der Waals surface area contributed by atoms with Crippen LogP contribution in [0.25, 0.3) is 0 Å². The second kappa shape index (κ2) is 4.44. The van der Waals surface area contributed by atoms with Crippen molar-refractivity contribution in [3.63, 3.8) is 0 Å². The fourth-order valence-corrected chi connectivity index (χ4v) is 2.23. The summed E-state index contributed by atoms with van der Waals surface area (Å²) in [5.74, 6) is 0.0836. The van der Waals surface area contributed by atoms with E-state index in [-0.39, 0.29) is 11.9 Å². The molecule has 1 aromatic carbocycles. The van der Waals surface area contributed by atoms with E-state index in [2.05, 4.69) is 5.32 Å². The van der Waals surface area contributed by atoms with Crippen molar-refractivity contribution in [2.24, 2.45) is 0 Å². The van der Waals surface area contributed by atoms with Crippen molar-refractivity contribution in [1.29, 1.82) is 0 Å².